The van der Waals surface area contributed by atoms with Crippen LogP contribution in [0.4, 0.5) is 0 Å². The Hall–Kier alpha value is -5.08. The number of hydrogen-bond donors (Lipinski definition) is 0. The standard InChI is InChI=1S/C69H78N2/c1-2-46-45-65(49-41-39-48(40-42-49)47-21-5-3-6-22-47)70-68(71-67(46)50-23-7-4-8-24-50)54-28-20-26-52(44-54)51-25-19-27-53(43-51)55-29-11-18-38-64-66(55)60-34-14-17-37-63(60)69(64)61-35-15-12-32-58(61)56-30-9-10-31-57(56)59-33-13-16-36-62(59)69/h7,9-10,12,15,19-20,23-26,28,30-32,35,39-47,53,55,59-60,62-64,66H,2-6,8,11,13-14,16-18,21-22,27,29,33-34,36-38H2,1H3. The van der Waals surface area contributed by atoms with Crippen LogP contribution < -0.4 is 0 Å². The van der Waals surface area contributed by atoms with E-state index in [1.54, 1.807) is 22.3 Å². The zero-order chi connectivity index (χ0) is 47.3. The van der Waals surface area contributed by atoms with Gasteiger partial charge >= 0.3 is 0 Å². The third-order valence-corrected chi connectivity index (χ3v) is 20.5. The van der Waals surface area contributed by atoms with Crippen LogP contribution in [0.5, 0.6) is 0 Å². The Morgan fingerprint density at radius 1 is 0.549 bits per heavy atom. The molecule has 4 aromatic carbocycles. The maximum atomic E-state index is 5.61. The number of amidine groups is 1. The smallest absolute Gasteiger partial charge is 0.160 e. The van der Waals surface area contributed by atoms with Crippen LogP contribution in [0.2, 0.25) is 0 Å². The second-order valence-corrected chi connectivity index (χ2v) is 23.9. The molecule has 1 spiro atoms. The molecule has 4 aromatic rings. The van der Waals surface area contributed by atoms with Gasteiger partial charge in [0.05, 0.1) is 11.4 Å². The summed E-state index contributed by atoms with van der Waals surface area (Å²) in [6.45, 7) is 2.31. The molecule has 1 heterocycles. The monoisotopic (exact) mass is 935 g/mol. The van der Waals surface area contributed by atoms with Gasteiger partial charge in [0.2, 0.25) is 0 Å². The molecule has 0 bridgehead atoms. The van der Waals surface area contributed by atoms with Crippen LogP contribution in [0.1, 0.15) is 187 Å². The summed E-state index contributed by atoms with van der Waals surface area (Å²) in [5.74, 6) is 7.57. The van der Waals surface area contributed by atoms with Crippen molar-refractivity contribution in [3.8, 4) is 11.1 Å². The number of allylic oxidation sites excluding steroid dienone is 9. The van der Waals surface area contributed by atoms with Crippen molar-refractivity contribution in [1.82, 2.24) is 0 Å². The van der Waals surface area contributed by atoms with Gasteiger partial charge in [-0.25, -0.2) is 9.98 Å². The van der Waals surface area contributed by atoms with E-state index in [9.17, 15) is 0 Å². The van der Waals surface area contributed by atoms with E-state index in [-0.39, 0.29) is 11.3 Å². The molecule has 0 radical (unpaired) electrons. The lowest BCUT2D eigenvalue weighted by Gasteiger charge is -2.53. The van der Waals surface area contributed by atoms with Crippen LogP contribution in [0.3, 0.4) is 0 Å². The van der Waals surface area contributed by atoms with Gasteiger partial charge in [-0.15, -0.1) is 0 Å². The van der Waals surface area contributed by atoms with Crippen molar-refractivity contribution in [2.45, 2.75) is 159 Å². The first kappa shape index (κ1) is 45.8. The summed E-state index contributed by atoms with van der Waals surface area (Å²) in [4.78, 5) is 11.2. The van der Waals surface area contributed by atoms with Crippen molar-refractivity contribution in [3.05, 3.63) is 179 Å². The van der Waals surface area contributed by atoms with Gasteiger partial charge < -0.3 is 0 Å². The second kappa shape index (κ2) is 19.7. The number of benzene rings is 4. The highest BCUT2D eigenvalue weighted by Crippen LogP contribution is 2.72. The fraction of sp³-hybridized carbons (Fsp3) is 0.478. The zero-order valence-corrected chi connectivity index (χ0v) is 42.8. The summed E-state index contributed by atoms with van der Waals surface area (Å²) in [7, 11) is 0. The Kier molecular flexibility index (Phi) is 12.7. The molecule has 13 rings (SSSR count). The zero-order valence-electron chi connectivity index (χ0n) is 42.8. The van der Waals surface area contributed by atoms with E-state index < -0.39 is 0 Å². The second-order valence-electron chi connectivity index (χ2n) is 23.9. The lowest BCUT2D eigenvalue weighted by Crippen LogP contribution is -2.49. The van der Waals surface area contributed by atoms with Crippen LogP contribution in [-0.2, 0) is 5.41 Å². The molecule has 0 saturated heterocycles. The summed E-state index contributed by atoms with van der Waals surface area (Å²) in [5, 5.41) is 0. The van der Waals surface area contributed by atoms with Gasteiger partial charge in [0, 0.05) is 16.9 Å². The highest BCUT2D eigenvalue weighted by molar-refractivity contribution is 6.17. The van der Waals surface area contributed by atoms with Crippen LogP contribution in [0.25, 0.3) is 22.4 Å². The van der Waals surface area contributed by atoms with Gasteiger partial charge in [-0.2, -0.15) is 0 Å². The van der Waals surface area contributed by atoms with E-state index in [1.807, 2.05) is 0 Å². The van der Waals surface area contributed by atoms with Crippen molar-refractivity contribution in [2.75, 3.05) is 0 Å². The highest BCUT2D eigenvalue weighted by atomic mass is 14.9. The largest absolute Gasteiger partial charge is 0.232 e. The van der Waals surface area contributed by atoms with Gasteiger partial charge in [0.15, 0.2) is 5.84 Å². The maximum Gasteiger partial charge on any atom is 0.160 e. The minimum Gasteiger partial charge on any atom is -0.232 e. The summed E-state index contributed by atoms with van der Waals surface area (Å²) in [6, 6.07) is 38.6. The minimum atomic E-state index is 0.193. The molecule has 5 saturated carbocycles. The lowest BCUT2D eigenvalue weighted by atomic mass is 9.51. The van der Waals surface area contributed by atoms with E-state index in [1.165, 1.54) is 143 Å². The Balaban J connectivity index is 0.870. The van der Waals surface area contributed by atoms with E-state index in [0.717, 1.165) is 71.7 Å². The lowest BCUT2D eigenvalue weighted by molar-refractivity contribution is 0.0621. The Morgan fingerprint density at radius 3 is 2.10 bits per heavy atom. The number of nitrogens with zero attached hydrogens (tertiary/aromatic N) is 2. The van der Waals surface area contributed by atoms with E-state index in [0.29, 0.717) is 23.7 Å². The summed E-state index contributed by atoms with van der Waals surface area (Å²) in [6.07, 6.45) is 45.2. The van der Waals surface area contributed by atoms with Crippen molar-refractivity contribution in [2.24, 2.45) is 57.3 Å². The molecular formula is C69H78N2. The average molecular weight is 935 g/mol. The topological polar surface area (TPSA) is 24.7 Å². The normalized spacial score (nSPS) is 32.5. The van der Waals surface area contributed by atoms with Crippen LogP contribution in [0.15, 0.2) is 155 Å². The van der Waals surface area contributed by atoms with Crippen molar-refractivity contribution in [1.29, 1.82) is 0 Å². The molecule has 0 amide bonds. The third kappa shape index (κ3) is 8.12. The summed E-state index contributed by atoms with van der Waals surface area (Å²) >= 11 is 0. The highest BCUT2D eigenvalue weighted by Gasteiger charge is 2.67. The van der Waals surface area contributed by atoms with Gasteiger partial charge in [0.25, 0.3) is 0 Å². The fourth-order valence-electron chi connectivity index (χ4n) is 17.7. The first-order valence-corrected chi connectivity index (χ1v) is 29.2. The minimum absolute atomic E-state index is 0.193. The molecule has 364 valence electrons. The average Bonchev–Trinajstić information content (AvgIpc) is 3.65. The number of hydrogen-bond acceptors (Lipinski definition) is 2. The number of fused-ring (bicyclic) bond motifs is 12. The van der Waals surface area contributed by atoms with Crippen LogP contribution >= 0.6 is 0 Å². The Bertz CT molecular complexity index is 2840. The number of rotatable bonds is 7. The predicted molar refractivity (Wildman–Crippen MR) is 299 cm³/mol. The molecular weight excluding hydrogens is 857 g/mol. The van der Waals surface area contributed by atoms with E-state index >= 15 is 0 Å². The van der Waals surface area contributed by atoms with Crippen LogP contribution in [0, 0.1) is 47.3 Å². The predicted octanol–water partition coefficient (Wildman–Crippen LogP) is 18.4. The maximum absolute atomic E-state index is 5.61. The fourth-order valence-corrected chi connectivity index (χ4v) is 17.7. The van der Waals surface area contributed by atoms with E-state index in [4.69, 9.17) is 9.98 Å². The first-order valence-electron chi connectivity index (χ1n) is 29.2. The first-order chi connectivity index (χ1) is 35.2. The quantitative estimate of drug-likeness (QED) is 0.176. The summed E-state index contributed by atoms with van der Waals surface area (Å²) < 4.78 is 0. The van der Waals surface area contributed by atoms with Crippen LogP contribution in [-0.4, -0.2) is 11.5 Å². The van der Waals surface area contributed by atoms with Crippen molar-refractivity contribution in [3.63, 3.8) is 0 Å². The molecule has 8 aliphatic carbocycles. The van der Waals surface area contributed by atoms with E-state index in [2.05, 4.69) is 147 Å². The Labute approximate surface area is 426 Å². The van der Waals surface area contributed by atoms with Gasteiger partial charge in [-0.3, -0.25) is 0 Å². The number of aliphatic imine (C=N–C) groups is 2. The molecule has 0 N–H and O–H groups in total. The molecule has 2 heteroatoms. The Morgan fingerprint density at radius 2 is 1.27 bits per heavy atom. The van der Waals surface area contributed by atoms with Crippen molar-refractivity contribution < 1.29 is 0 Å². The molecule has 10 atom stereocenters. The third-order valence-electron chi connectivity index (χ3n) is 20.5. The van der Waals surface area contributed by atoms with Gasteiger partial charge in [0.1, 0.15) is 0 Å². The molecule has 71 heavy (non-hydrogen) atoms. The molecule has 10 unspecified atom stereocenters. The molecule has 2 nitrogen and oxygen atoms in total. The van der Waals surface area contributed by atoms with Crippen molar-refractivity contribution >= 4 is 22.8 Å². The molecule has 5 fully saturated rings. The summed E-state index contributed by atoms with van der Waals surface area (Å²) in [5.41, 5.74) is 16.9. The van der Waals surface area contributed by atoms with Gasteiger partial charge in [-0.1, -0.05) is 192 Å². The molecule has 9 aliphatic rings. The SMILES string of the molecule is CCC1C=C(c2ccc(C3CCCCC3)cc2)N=C(c2cccc(C3=CC(C4CCCCC5C4C4CCCCC4C54c5ccccc5-c5ccccc5C5CCCCC54)CC=C3)c2)N=C1C1=CCCC=C1. The molecule has 0 aromatic heterocycles. The molecule has 1 aliphatic heterocycles. The van der Waals surface area contributed by atoms with Gasteiger partial charge in [-0.05, 0) is 193 Å².